The van der Waals surface area contributed by atoms with E-state index in [9.17, 15) is 4.79 Å². The number of amides is 1. The molecule has 0 fully saturated rings. The van der Waals surface area contributed by atoms with Gasteiger partial charge in [-0.25, -0.2) is 4.98 Å². The molecule has 122 valence electrons. The SMILES string of the molecule is CSc1ncccc1C(=O)NCc1cncc(-c2ccnn2C)c1. The third-order valence-corrected chi connectivity index (χ3v) is 4.29. The maximum absolute atomic E-state index is 12.4. The van der Waals surface area contributed by atoms with Gasteiger partial charge in [0.05, 0.1) is 11.3 Å². The van der Waals surface area contributed by atoms with Crippen molar-refractivity contribution in [3.05, 3.63) is 60.2 Å². The second-order valence-electron chi connectivity index (χ2n) is 5.16. The average Bonchev–Trinajstić information content (AvgIpc) is 3.06. The number of nitrogens with zero attached hydrogens (tertiary/aromatic N) is 4. The summed E-state index contributed by atoms with van der Waals surface area (Å²) in [7, 11) is 1.89. The molecule has 0 aliphatic carbocycles. The predicted molar refractivity (Wildman–Crippen MR) is 93.6 cm³/mol. The zero-order valence-electron chi connectivity index (χ0n) is 13.4. The molecule has 0 atom stereocenters. The highest BCUT2D eigenvalue weighted by Crippen LogP contribution is 2.19. The van der Waals surface area contributed by atoms with Crippen molar-refractivity contribution in [1.29, 1.82) is 0 Å². The number of rotatable bonds is 5. The molecule has 3 heterocycles. The molecule has 3 aromatic rings. The number of nitrogens with one attached hydrogen (secondary N) is 1. The minimum atomic E-state index is -0.140. The van der Waals surface area contributed by atoms with Gasteiger partial charge in [-0.05, 0) is 36.1 Å². The van der Waals surface area contributed by atoms with E-state index in [0.717, 1.165) is 21.8 Å². The van der Waals surface area contributed by atoms with Gasteiger partial charge in [-0.3, -0.25) is 14.5 Å². The van der Waals surface area contributed by atoms with Gasteiger partial charge < -0.3 is 5.32 Å². The first-order valence-corrected chi connectivity index (χ1v) is 8.61. The van der Waals surface area contributed by atoms with E-state index in [-0.39, 0.29) is 5.91 Å². The Kier molecular flexibility index (Phi) is 4.90. The molecule has 3 aromatic heterocycles. The smallest absolute Gasteiger partial charge is 0.254 e. The van der Waals surface area contributed by atoms with E-state index in [1.54, 1.807) is 41.6 Å². The lowest BCUT2D eigenvalue weighted by atomic mass is 10.1. The summed E-state index contributed by atoms with van der Waals surface area (Å²) in [6.45, 7) is 0.403. The van der Waals surface area contributed by atoms with E-state index >= 15 is 0 Å². The molecule has 0 saturated carbocycles. The highest BCUT2D eigenvalue weighted by atomic mass is 32.2. The van der Waals surface area contributed by atoms with Crippen LogP contribution in [0.5, 0.6) is 0 Å². The van der Waals surface area contributed by atoms with Crippen LogP contribution in [0.25, 0.3) is 11.3 Å². The van der Waals surface area contributed by atoms with Gasteiger partial charge in [0.15, 0.2) is 0 Å². The molecule has 3 rings (SSSR count). The minimum Gasteiger partial charge on any atom is -0.348 e. The van der Waals surface area contributed by atoms with Crippen LogP contribution in [0, 0.1) is 0 Å². The molecule has 6 nitrogen and oxygen atoms in total. The van der Waals surface area contributed by atoms with Gasteiger partial charge in [0.2, 0.25) is 0 Å². The first-order chi connectivity index (χ1) is 11.7. The fourth-order valence-electron chi connectivity index (χ4n) is 2.39. The number of aromatic nitrogens is 4. The van der Waals surface area contributed by atoms with Gasteiger partial charge in [-0.15, -0.1) is 11.8 Å². The third-order valence-electron chi connectivity index (χ3n) is 3.57. The second kappa shape index (κ2) is 7.27. The first kappa shape index (κ1) is 16.2. The van der Waals surface area contributed by atoms with E-state index in [1.165, 1.54) is 11.8 Å². The second-order valence-corrected chi connectivity index (χ2v) is 5.96. The zero-order chi connectivity index (χ0) is 16.9. The quantitative estimate of drug-likeness (QED) is 0.723. The molecule has 0 bridgehead atoms. The molecule has 7 heteroatoms. The monoisotopic (exact) mass is 339 g/mol. The lowest BCUT2D eigenvalue weighted by Gasteiger charge is -2.09. The minimum absolute atomic E-state index is 0.140. The van der Waals surface area contributed by atoms with Crippen molar-refractivity contribution in [2.24, 2.45) is 7.05 Å². The Morgan fingerprint density at radius 3 is 2.92 bits per heavy atom. The largest absolute Gasteiger partial charge is 0.348 e. The molecular weight excluding hydrogens is 322 g/mol. The number of hydrogen-bond donors (Lipinski definition) is 1. The Morgan fingerprint density at radius 2 is 2.17 bits per heavy atom. The van der Waals surface area contributed by atoms with Crippen LogP contribution < -0.4 is 5.32 Å². The normalized spacial score (nSPS) is 10.6. The van der Waals surface area contributed by atoms with Crippen molar-refractivity contribution < 1.29 is 4.79 Å². The summed E-state index contributed by atoms with van der Waals surface area (Å²) in [6, 6.07) is 7.47. The van der Waals surface area contributed by atoms with Crippen molar-refractivity contribution in [3.63, 3.8) is 0 Å². The highest BCUT2D eigenvalue weighted by Gasteiger charge is 2.11. The van der Waals surface area contributed by atoms with Crippen LogP contribution in [0.2, 0.25) is 0 Å². The molecule has 24 heavy (non-hydrogen) atoms. The Morgan fingerprint density at radius 1 is 1.29 bits per heavy atom. The van der Waals surface area contributed by atoms with Gasteiger partial charge in [0.25, 0.3) is 5.91 Å². The van der Waals surface area contributed by atoms with Crippen LogP contribution in [-0.2, 0) is 13.6 Å². The number of carbonyl (C=O) groups excluding carboxylic acids is 1. The topological polar surface area (TPSA) is 72.7 Å². The summed E-state index contributed by atoms with van der Waals surface area (Å²) in [5.41, 5.74) is 3.46. The molecule has 0 unspecified atom stereocenters. The maximum atomic E-state index is 12.4. The van der Waals surface area contributed by atoms with Gasteiger partial charge in [-0.2, -0.15) is 5.10 Å². The lowest BCUT2D eigenvalue weighted by molar-refractivity contribution is 0.0947. The standard InChI is InChI=1S/C17H17N5OS/c1-22-15(5-7-21-22)13-8-12(9-18-11-13)10-20-16(23)14-4-3-6-19-17(14)24-2/h3-9,11H,10H2,1-2H3,(H,20,23). The van der Waals surface area contributed by atoms with Crippen LogP contribution >= 0.6 is 11.8 Å². The average molecular weight is 339 g/mol. The van der Waals surface area contributed by atoms with Crippen molar-refractivity contribution >= 4 is 17.7 Å². The Hall–Kier alpha value is -2.67. The number of carbonyl (C=O) groups is 1. The molecule has 0 aliphatic heterocycles. The van der Waals surface area contributed by atoms with Crippen molar-refractivity contribution in [2.45, 2.75) is 11.6 Å². The van der Waals surface area contributed by atoms with Crippen molar-refractivity contribution in [2.75, 3.05) is 6.26 Å². The van der Waals surface area contributed by atoms with Gasteiger partial charge in [0, 0.05) is 43.9 Å². The number of pyridine rings is 2. The molecule has 0 saturated heterocycles. The molecular formula is C17H17N5OS. The van der Waals surface area contributed by atoms with Gasteiger partial charge in [0.1, 0.15) is 5.03 Å². The number of thioether (sulfide) groups is 1. The fraction of sp³-hybridized carbons (Fsp3) is 0.176. The molecule has 1 amide bonds. The molecule has 0 radical (unpaired) electrons. The highest BCUT2D eigenvalue weighted by molar-refractivity contribution is 7.98. The van der Waals surface area contributed by atoms with E-state index in [1.807, 2.05) is 25.4 Å². The van der Waals surface area contributed by atoms with Crippen molar-refractivity contribution in [1.82, 2.24) is 25.1 Å². The van der Waals surface area contributed by atoms with E-state index in [2.05, 4.69) is 20.4 Å². The third kappa shape index (κ3) is 3.46. The summed E-state index contributed by atoms with van der Waals surface area (Å²) >= 11 is 1.45. The number of aryl methyl sites for hydroxylation is 1. The van der Waals surface area contributed by atoms with E-state index < -0.39 is 0 Å². The Bertz CT molecular complexity index is 861. The predicted octanol–water partition coefficient (Wildman–Crippen LogP) is 2.53. The van der Waals surface area contributed by atoms with Crippen LogP contribution in [0.3, 0.4) is 0 Å². The molecule has 0 aliphatic rings. The van der Waals surface area contributed by atoms with E-state index in [4.69, 9.17) is 0 Å². The fourth-order valence-corrected chi connectivity index (χ4v) is 2.93. The molecule has 1 N–H and O–H groups in total. The van der Waals surface area contributed by atoms with Gasteiger partial charge in [-0.1, -0.05) is 0 Å². The summed E-state index contributed by atoms with van der Waals surface area (Å²) in [5.74, 6) is -0.140. The lowest BCUT2D eigenvalue weighted by Crippen LogP contribution is -2.23. The first-order valence-electron chi connectivity index (χ1n) is 7.38. The molecule has 0 spiro atoms. The van der Waals surface area contributed by atoms with Crippen LogP contribution in [-0.4, -0.2) is 31.9 Å². The summed E-state index contributed by atoms with van der Waals surface area (Å²) in [5, 5.41) is 7.81. The van der Waals surface area contributed by atoms with Crippen LogP contribution in [0.4, 0.5) is 0 Å². The van der Waals surface area contributed by atoms with E-state index in [0.29, 0.717) is 12.1 Å². The maximum Gasteiger partial charge on any atom is 0.254 e. The zero-order valence-corrected chi connectivity index (χ0v) is 14.2. The summed E-state index contributed by atoms with van der Waals surface area (Å²) in [4.78, 5) is 20.8. The molecule has 0 aromatic carbocycles. The number of hydrogen-bond acceptors (Lipinski definition) is 5. The van der Waals surface area contributed by atoms with Crippen molar-refractivity contribution in [3.8, 4) is 11.3 Å². The van der Waals surface area contributed by atoms with Crippen LogP contribution in [0.15, 0.2) is 54.1 Å². The van der Waals surface area contributed by atoms with Crippen LogP contribution in [0.1, 0.15) is 15.9 Å². The Labute approximate surface area is 144 Å². The van der Waals surface area contributed by atoms with Gasteiger partial charge >= 0.3 is 0 Å². The summed E-state index contributed by atoms with van der Waals surface area (Å²) in [6.07, 6.45) is 8.87. The summed E-state index contributed by atoms with van der Waals surface area (Å²) < 4.78 is 1.79. The Balaban J connectivity index is 1.73.